The van der Waals surface area contributed by atoms with Gasteiger partial charge in [0.1, 0.15) is 18.5 Å². The Morgan fingerprint density at radius 1 is 1.16 bits per heavy atom. The number of hydrogen-bond acceptors (Lipinski definition) is 7. The minimum absolute atomic E-state index is 0.0420. The van der Waals surface area contributed by atoms with E-state index < -0.39 is 17.6 Å². The molecule has 204 valence electrons. The van der Waals surface area contributed by atoms with Gasteiger partial charge in [-0.3, -0.25) is 9.80 Å². The van der Waals surface area contributed by atoms with Gasteiger partial charge in [0, 0.05) is 22.5 Å². The van der Waals surface area contributed by atoms with Crippen molar-refractivity contribution in [1.29, 1.82) is 0 Å². The summed E-state index contributed by atoms with van der Waals surface area (Å²) >= 11 is 0. The summed E-state index contributed by atoms with van der Waals surface area (Å²) in [5, 5.41) is 6.69. The highest BCUT2D eigenvalue weighted by atomic mass is 16.5. The molecule has 3 atom stereocenters. The lowest BCUT2D eigenvalue weighted by atomic mass is 9.85. The summed E-state index contributed by atoms with van der Waals surface area (Å²) in [4.78, 5) is 25.1. The van der Waals surface area contributed by atoms with E-state index in [9.17, 15) is 9.59 Å². The number of methoxy groups -OCH3 is 1. The Labute approximate surface area is 226 Å². The third-order valence-corrected chi connectivity index (χ3v) is 7.64. The summed E-state index contributed by atoms with van der Waals surface area (Å²) in [6.45, 7) is 7.81. The lowest BCUT2D eigenvalue weighted by molar-refractivity contribution is -0.114. The van der Waals surface area contributed by atoms with E-state index >= 15 is 0 Å². The quantitative estimate of drug-likeness (QED) is 0.327. The summed E-state index contributed by atoms with van der Waals surface area (Å²) < 4.78 is 11.9. The van der Waals surface area contributed by atoms with Crippen molar-refractivity contribution < 1.29 is 19.1 Å². The molecule has 2 aliphatic rings. The number of nitrogens with zero attached hydrogens (tertiary/aromatic N) is 2. The molecule has 0 radical (unpaired) electrons. The molecule has 1 aliphatic carbocycles. The van der Waals surface area contributed by atoms with Crippen LogP contribution >= 0.6 is 0 Å². The number of Topliss-reactive ketones (excluding diaryl/α,β-unsaturated/α-hetero) is 1. The first-order valence-corrected chi connectivity index (χ1v) is 13.7. The van der Waals surface area contributed by atoms with Gasteiger partial charge in [-0.05, 0) is 68.4 Å². The van der Waals surface area contributed by atoms with Gasteiger partial charge in [0.05, 0.1) is 18.9 Å². The van der Waals surface area contributed by atoms with Crippen molar-refractivity contribution in [1.82, 2.24) is 5.01 Å². The number of hydrogen-bond donors (Lipinski definition) is 1. The van der Waals surface area contributed by atoms with Crippen LogP contribution in [0.3, 0.4) is 0 Å². The Hall–Kier alpha value is -3.19. The lowest BCUT2D eigenvalue weighted by Gasteiger charge is -2.38. The van der Waals surface area contributed by atoms with Crippen molar-refractivity contribution in [3.63, 3.8) is 0 Å². The average Bonchev–Trinajstić information content (AvgIpc) is 3.44. The largest absolute Gasteiger partial charge is 0.493 e. The summed E-state index contributed by atoms with van der Waals surface area (Å²) in [6.07, 6.45) is 6.35. The lowest BCUT2D eigenvalue weighted by Crippen LogP contribution is -2.46. The smallest absolute Gasteiger partial charge is 0.168 e. The predicted molar refractivity (Wildman–Crippen MR) is 150 cm³/mol. The van der Waals surface area contributed by atoms with E-state index in [1.165, 1.54) is 12.8 Å². The first kappa shape index (κ1) is 27.8. The van der Waals surface area contributed by atoms with Crippen LogP contribution in [-0.4, -0.2) is 42.0 Å². The van der Waals surface area contributed by atoms with E-state index in [0.717, 1.165) is 48.1 Å². The molecular formula is C31H41N3O4. The van der Waals surface area contributed by atoms with Gasteiger partial charge in [-0.2, -0.15) is 5.10 Å². The zero-order chi connectivity index (χ0) is 27.4. The summed E-state index contributed by atoms with van der Waals surface area (Å²) in [5.41, 5.74) is 9.37. The molecule has 1 heterocycles. The molecule has 0 saturated heterocycles. The number of rotatable bonds is 9. The molecule has 1 saturated carbocycles. The molecular weight excluding hydrogens is 478 g/mol. The van der Waals surface area contributed by atoms with Gasteiger partial charge in [0.15, 0.2) is 17.3 Å². The van der Waals surface area contributed by atoms with E-state index in [4.69, 9.17) is 20.3 Å². The number of carbonyl (C=O) groups excluding carboxylic acids is 2. The maximum absolute atomic E-state index is 12.9. The normalized spacial score (nSPS) is 21.1. The maximum Gasteiger partial charge on any atom is 0.168 e. The standard InChI is InChI=1S/C31H41N3O4/c1-6-20-17-24(19-35)34(30(32)23-11-9-10-22(16-23)29(36)31(2,3)4)33-28(20)21-14-15-26(37-5)27(18-21)38-25-12-7-8-13-25/h9-11,14-16,18-20,24-25,30H,6-8,12-13,17,32H2,1-5H3. The fraction of sp³-hybridized carbons (Fsp3) is 0.516. The first-order chi connectivity index (χ1) is 18.2. The van der Waals surface area contributed by atoms with Crippen LogP contribution in [0.1, 0.15) is 93.9 Å². The molecule has 1 fully saturated rings. The van der Waals surface area contributed by atoms with E-state index in [0.29, 0.717) is 17.7 Å². The summed E-state index contributed by atoms with van der Waals surface area (Å²) in [5.74, 6) is 1.55. The molecule has 1 aliphatic heterocycles. The fourth-order valence-corrected chi connectivity index (χ4v) is 5.39. The highest BCUT2D eigenvalue weighted by Crippen LogP contribution is 2.36. The number of ketones is 1. The SMILES string of the molecule is CCC1CC(C=O)N(C(N)c2cccc(C(=O)C(C)(C)C)c2)N=C1c1ccc(OC)c(OC2CCCC2)c1. The fourth-order valence-electron chi connectivity index (χ4n) is 5.39. The molecule has 4 rings (SSSR count). The molecule has 7 nitrogen and oxygen atoms in total. The minimum Gasteiger partial charge on any atom is -0.493 e. The second-order valence-corrected chi connectivity index (χ2v) is 11.4. The van der Waals surface area contributed by atoms with Gasteiger partial charge in [-0.25, -0.2) is 0 Å². The van der Waals surface area contributed by atoms with E-state index in [1.54, 1.807) is 12.1 Å². The van der Waals surface area contributed by atoms with Gasteiger partial charge in [0.25, 0.3) is 0 Å². The second-order valence-electron chi connectivity index (χ2n) is 11.4. The number of nitrogens with two attached hydrogens (primary N) is 1. The van der Waals surface area contributed by atoms with Crippen LogP contribution in [0, 0.1) is 11.3 Å². The van der Waals surface area contributed by atoms with Gasteiger partial charge in [-0.15, -0.1) is 0 Å². The molecule has 0 amide bonds. The predicted octanol–water partition coefficient (Wildman–Crippen LogP) is 5.91. The van der Waals surface area contributed by atoms with Gasteiger partial charge < -0.3 is 20.0 Å². The molecule has 0 bridgehead atoms. The Balaban J connectivity index is 1.70. The van der Waals surface area contributed by atoms with Crippen LogP contribution in [0.2, 0.25) is 0 Å². The van der Waals surface area contributed by atoms with E-state index in [1.807, 2.05) is 63.2 Å². The number of ether oxygens (including phenoxy) is 2. The Morgan fingerprint density at radius 2 is 1.89 bits per heavy atom. The maximum atomic E-state index is 12.9. The van der Waals surface area contributed by atoms with Crippen molar-refractivity contribution in [3.8, 4) is 11.5 Å². The van der Waals surface area contributed by atoms with E-state index in [2.05, 4.69) is 6.92 Å². The molecule has 2 aromatic rings. The van der Waals surface area contributed by atoms with Crippen molar-refractivity contribution in [2.45, 2.75) is 84.5 Å². The van der Waals surface area contributed by atoms with Crippen molar-refractivity contribution >= 4 is 17.8 Å². The summed E-state index contributed by atoms with van der Waals surface area (Å²) in [7, 11) is 1.65. The number of aldehydes is 1. The molecule has 2 aromatic carbocycles. The van der Waals surface area contributed by atoms with Crippen LogP contribution in [0.5, 0.6) is 11.5 Å². The Morgan fingerprint density at radius 3 is 2.53 bits per heavy atom. The highest BCUT2D eigenvalue weighted by molar-refractivity contribution is 6.03. The Bertz CT molecular complexity index is 1180. The topological polar surface area (TPSA) is 94.2 Å². The van der Waals surface area contributed by atoms with Crippen LogP contribution in [0.15, 0.2) is 47.6 Å². The average molecular weight is 520 g/mol. The van der Waals surface area contributed by atoms with Gasteiger partial charge >= 0.3 is 0 Å². The number of hydrazone groups is 1. The van der Waals surface area contributed by atoms with Crippen LogP contribution in [0.25, 0.3) is 0 Å². The minimum atomic E-state index is -0.682. The molecule has 0 spiro atoms. The molecule has 3 unspecified atom stereocenters. The zero-order valence-corrected chi connectivity index (χ0v) is 23.3. The number of benzene rings is 2. The van der Waals surface area contributed by atoms with Crippen molar-refractivity contribution in [3.05, 3.63) is 59.2 Å². The first-order valence-electron chi connectivity index (χ1n) is 13.7. The molecule has 38 heavy (non-hydrogen) atoms. The second kappa shape index (κ2) is 11.7. The number of carbonyl (C=O) groups is 2. The molecule has 0 aromatic heterocycles. The Kier molecular flexibility index (Phi) is 8.56. The monoisotopic (exact) mass is 519 g/mol. The zero-order valence-electron chi connectivity index (χ0n) is 23.3. The summed E-state index contributed by atoms with van der Waals surface area (Å²) in [6, 6.07) is 12.8. The third kappa shape index (κ3) is 5.93. The van der Waals surface area contributed by atoms with Crippen LogP contribution < -0.4 is 15.2 Å². The van der Waals surface area contributed by atoms with Gasteiger partial charge in [-0.1, -0.05) is 45.9 Å². The van der Waals surface area contributed by atoms with E-state index in [-0.39, 0.29) is 17.8 Å². The van der Waals surface area contributed by atoms with Crippen LogP contribution in [0.4, 0.5) is 0 Å². The van der Waals surface area contributed by atoms with Crippen molar-refractivity contribution in [2.24, 2.45) is 22.2 Å². The molecule has 2 N–H and O–H groups in total. The third-order valence-electron chi connectivity index (χ3n) is 7.64. The van der Waals surface area contributed by atoms with Gasteiger partial charge in [0.2, 0.25) is 0 Å². The highest BCUT2D eigenvalue weighted by Gasteiger charge is 2.34. The van der Waals surface area contributed by atoms with Crippen molar-refractivity contribution in [2.75, 3.05) is 7.11 Å². The molecule has 7 heteroatoms. The van der Waals surface area contributed by atoms with Crippen LogP contribution in [-0.2, 0) is 4.79 Å².